The van der Waals surface area contributed by atoms with Crippen molar-refractivity contribution in [2.45, 2.75) is 120 Å². The number of amides is 1. The van der Waals surface area contributed by atoms with E-state index in [9.17, 15) is 41.6 Å². The number of anilines is 2. The molecular formula is C49H57F3N8O7S. The lowest BCUT2D eigenvalue weighted by Gasteiger charge is -2.56. The molecule has 5 aromatic rings. The number of sulfonamides is 1. The second kappa shape index (κ2) is 18.3. The summed E-state index contributed by atoms with van der Waals surface area (Å²) in [5.41, 5.74) is 0.188. The molecule has 2 aromatic carbocycles. The van der Waals surface area contributed by atoms with Gasteiger partial charge in [-0.05, 0) is 130 Å². The number of aromatic amines is 1. The molecule has 2 aliphatic carbocycles. The van der Waals surface area contributed by atoms with Crippen LogP contribution in [0.4, 0.5) is 30.4 Å². The van der Waals surface area contributed by atoms with Crippen molar-refractivity contribution in [2.75, 3.05) is 36.4 Å². The number of rotatable bonds is 13. The first-order chi connectivity index (χ1) is 32.3. The number of carbonyl (C=O) groups excluding carboxylic acids is 1. The van der Waals surface area contributed by atoms with Gasteiger partial charge in [-0.3, -0.25) is 19.8 Å². The van der Waals surface area contributed by atoms with Crippen molar-refractivity contribution in [1.82, 2.24) is 24.6 Å². The van der Waals surface area contributed by atoms with E-state index in [4.69, 9.17) is 4.74 Å². The minimum absolute atomic E-state index is 0.00174. The van der Waals surface area contributed by atoms with Gasteiger partial charge in [0.25, 0.3) is 15.9 Å². The highest BCUT2D eigenvalue weighted by atomic mass is 32.2. The molecule has 5 heterocycles. The van der Waals surface area contributed by atoms with Crippen molar-refractivity contribution in [1.29, 1.82) is 0 Å². The highest BCUT2D eigenvalue weighted by Gasteiger charge is 2.50. The van der Waals surface area contributed by atoms with Crippen molar-refractivity contribution in [3.8, 4) is 11.5 Å². The van der Waals surface area contributed by atoms with Gasteiger partial charge in [-0.25, -0.2) is 23.1 Å². The predicted molar refractivity (Wildman–Crippen MR) is 250 cm³/mol. The molecule has 0 radical (unpaired) electrons. The molecule has 4 fully saturated rings. The number of alkyl halides is 3. The number of nitrogens with one attached hydrogen (secondary N) is 3. The first-order valence-corrected chi connectivity index (χ1v) is 24.9. The maximum absolute atomic E-state index is 14.6. The Hall–Kier alpha value is -5.79. The second-order valence-corrected chi connectivity index (χ2v) is 21.5. The van der Waals surface area contributed by atoms with E-state index < -0.39 is 54.7 Å². The molecule has 4 N–H and O–H groups in total. The quantitative estimate of drug-likeness (QED) is 0.0645. The molecule has 68 heavy (non-hydrogen) atoms. The maximum Gasteiger partial charge on any atom is 0.434 e. The Balaban J connectivity index is 0.938. The third kappa shape index (κ3) is 9.74. The normalized spacial score (nSPS) is 22.4. The first-order valence-electron chi connectivity index (χ1n) is 23.4. The van der Waals surface area contributed by atoms with Crippen LogP contribution in [0.2, 0.25) is 0 Å². The smallest absolute Gasteiger partial charge is 0.434 e. The molecule has 1 spiro atoms. The van der Waals surface area contributed by atoms with Gasteiger partial charge in [0.05, 0.1) is 22.3 Å². The van der Waals surface area contributed by atoms with Gasteiger partial charge in [-0.15, -0.1) is 0 Å². The average Bonchev–Trinajstić information content (AvgIpc) is 3.97. The number of ether oxygens (including phenoxy) is 1. The number of pyridine rings is 2. The average molecular weight is 959 g/mol. The minimum atomic E-state index is -5.46. The van der Waals surface area contributed by atoms with E-state index >= 15 is 0 Å². The summed E-state index contributed by atoms with van der Waals surface area (Å²) in [4.78, 5) is 39.3. The number of carbonyl (C=O) groups is 1. The lowest BCUT2D eigenvalue weighted by molar-refractivity contribution is -0.384. The molecule has 2 saturated carbocycles. The van der Waals surface area contributed by atoms with Crippen LogP contribution in [0.5, 0.6) is 11.5 Å². The second-order valence-electron chi connectivity index (χ2n) is 19.8. The van der Waals surface area contributed by atoms with Crippen LogP contribution in [-0.4, -0.2) is 82.0 Å². The van der Waals surface area contributed by atoms with Crippen LogP contribution < -0.4 is 19.7 Å². The van der Waals surface area contributed by atoms with Gasteiger partial charge < -0.3 is 25.0 Å². The molecule has 19 heteroatoms. The molecule has 3 aromatic heterocycles. The van der Waals surface area contributed by atoms with Crippen molar-refractivity contribution < 1.29 is 41.2 Å². The minimum Gasteiger partial charge on any atom is -0.455 e. The Morgan fingerprint density at radius 3 is 2.47 bits per heavy atom. The molecular weight excluding hydrogens is 902 g/mol. The van der Waals surface area contributed by atoms with Crippen LogP contribution in [0.15, 0.2) is 78.0 Å². The van der Waals surface area contributed by atoms with Crippen molar-refractivity contribution >= 4 is 44.2 Å². The molecule has 2 aliphatic heterocycles. The number of fused-ring (bicyclic) bond motifs is 1. The zero-order valence-electron chi connectivity index (χ0n) is 38.3. The molecule has 1 atom stereocenters. The van der Waals surface area contributed by atoms with E-state index in [1.165, 1.54) is 29.8 Å². The van der Waals surface area contributed by atoms with Gasteiger partial charge in [0, 0.05) is 61.1 Å². The Labute approximate surface area is 393 Å². The Kier molecular flexibility index (Phi) is 12.7. The number of nitro groups is 1. The summed E-state index contributed by atoms with van der Waals surface area (Å²) in [7, 11) is -5.46. The molecule has 1 amide bonds. The van der Waals surface area contributed by atoms with E-state index in [0.29, 0.717) is 60.4 Å². The Morgan fingerprint density at radius 2 is 1.76 bits per heavy atom. The van der Waals surface area contributed by atoms with Crippen LogP contribution in [0.1, 0.15) is 124 Å². The zero-order valence-corrected chi connectivity index (χ0v) is 39.1. The summed E-state index contributed by atoms with van der Waals surface area (Å²) in [6.07, 6.45) is 6.09. The standard InChI is InChI=1S/C49H57F3N8O7S/c1-30(2)36-7-4-5-8-37(36)39-9-6-20-59(39)34-26-48(27-34)17-21-58(22-18-48)33-10-11-38(41(24-33)67-35-23-32-14-19-53-44(32)55-29-35)46(61)57-68(65,66)42-25-40(60(63)64)45(56-43(42)49(50,51)52)54-28-31-12-15-47(3,62)16-13-31/h4-5,7-8,10-11,14,19,23-25,29-31,34,39,62H,6,9,12-13,15-18,20-22,26-28H2,1-3H3,(H,53,55)(H,54,56)(H,57,61)/t31?,39-,47?/m1/s1. The summed E-state index contributed by atoms with van der Waals surface area (Å²) in [6, 6.07) is 18.1. The number of halogens is 3. The number of likely N-dealkylation sites (tertiary alicyclic amines) is 1. The van der Waals surface area contributed by atoms with E-state index in [0.717, 1.165) is 51.7 Å². The fourth-order valence-electron chi connectivity index (χ4n) is 10.9. The summed E-state index contributed by atoms with van der Waals surface area (Å²) >= 11 is 0. The summed E-state index contributed by atoms with van der Waals surface area (Å²) < 4.78 is 79.6. The van der Waals surface area contributed by atoms with E-state index in [2.05, 4.69) is 68.2 Å². The van der Waals surface area contributed by atoms with Gasteiger partial charge in [-0.2, -0.15) is 13.2 Å². The fourth-order valence-corrected chi connectivity index (χ4v) is 12.1. The number of hydrogen-bond donors (Lipinski definition) is 4. The maximum atomic E-state index is 14.6. The molecule has 4 aliphatic rings. The number of hydrogen-bond acceptors (Lipinski definition) is 12. The summed E-state index contributed by atoms with van der Waals surface area (Å²) in [5, 5.41) is 25.8. The summed E-state index contributed by atoms with van der Waals surface area (Å²) in [6.45, 7) is 8.74. The lowest BCUT2D eigenvalue weighted by Crippen LogP contribution is -2.54. The molecule has 0 unspecified atom stereocenters. The predicted octanol–water partition coefficient (Wildman–Crippen LogP) is 9.86. The third-order valence-electron chi connectivity index (χ3n) is 14.8. The van der Waals surface area contributed by atoms with E-state index in [1.807, 2.05) is 0 Å². The molecule has 15 nitrogen and oxygen atoms in total. The first kappa shape index (κ1) is 47.3. The van der Waals surface area contributed by atoms with Gasteiger partial charge in [0.15, 0.2) is 5.69 Å². The van der Waals surface area contributed by atoms with Crippen molar-refractivity contribution in [3.05, 3.63) is 106 Å². The van der Waals surface area contributed by atoms with E-state index in [-0.39, 0.29) is 41.0 Å². The molecule has 2 saturated heterocycles. The Bertz CT molecular complexity index is 2810. The number of piperidine rings is 1. The number of benzene rings is 2. The van der Waals surface area contributed by atoms with Gasteiger partial charge in [-0.1, -0.05) is 38.1 Å². The van der Waals surface area contributed by atoms with E-state index in [1.54, 1.807) is 42.1 Å². The van der Waals surface area contributed by atoms with Gasteiger partial charge >= 0.3 is 11.9 Å². The van der Waals surface area contributed by atoms with Crippen LogP contribution >= 0.6 is 0 Å². The zero-order chi connectivity index (χ0) is 48.2. The number of aromatic nitrogens is 3. The van der Waals surface area contributed by atoms with Crippen molar-refractivity contribution in [3.63, 3.8) is 0 Å². The third-order valence-corrected chi connectivity index (χ3v) is 16.1. The number of H-pyrrole nitrogens is 1. The topological polar surface area (TPSA) is 196 Å². The Morgan fingerprint density at radius 1 is 1.03 bits per heavy atom. The van der Waals surface area contributed by atoms with Crippen LogP contribution in [0.25, 0.3) is 11.0 Å². The highest BCUT2D eigenvalue weighted by Crippen LogP contribution is 2.54. The molecule has 0 bridgehead atoms. The SMILES string of the molecule is CC(C)c1ccccc1[C@H]1CCCN1C1CC2(CCN(c3ccc(C(=O)NS(=O)(=O)c4cc([N+](=O)[O-])c(NCC5CCC(C)(O)CC5)nc4C(F)(F)F)c(Oc4cnc5[nH]ccc5c4)c3)CC2)C1. The number of nitrogens with zero attached hydrogens (tertiary/aromatic N) is 5. The van der Waals surface area contributed by atoms with Crippen LogP contribution in [0, 0.1) is 21.4 Å². The fraction of sp³-hybridized carbons (Fsp3) is 0.490. The number of aliphatic hydroxyl groups is 1. The molecule has 362 valence electrons. The monoisotopic (exact) mass is 958 g/mol. The van der Waals surface area contributed by atoms with Gasteiger partial charge in [0.2, 0.25) is 5.82 Å². The van der Waals surface area contributed by atoms with Crippen LogP contribution in [0.3, 0.4) is 0 Å². The van der Waals surface area contributed by atoms with Crippen LogP contribution in [-0.2, 0) is 16.2 Å². The van der Waals surface area contributed by atoms with Gasteiger partial charge in [0.1, 0.15) is 22.0 Å². The molecule has 9 rings (SSSR count). The van der Waals surface area contributed by atoms with Crippen molar-refractivity contribution in [2.24, 2.45) is 11.3 Å². The lowest BCUT2D eigenvalue weighted by atomic mass is 9.59. The largest absolute Gasteiger partial charge is 0.455 e. The summed E-state index contributed by atoms with van der Waals surface area (Å²) in [5.74, 6) is -1.65. The highest BCUT2D eigenvalue weighted by molar-refractivity contribution is 7.90.